The number of carbonyl (C=O) groups is 1. The fraction of sp³-hybridized carbons (Fsp3) is 0.292. The Morgan fingerprint density at radius 1 is 1.03 bits per heavy atom. The molecule has 2 aromatic heterocycles. The molecule has 0 bridgehead atoms. The molecule has 3 aromatic rings. The number of fused-ring (bicyclic) bond motifs is 1. The molecule has 0 aliphatic carbocycles. The number of rotatable bonds is 7. The van der Waals surface area contributed by atoms with Crippen LogP contribution in [0.15, 0.2) is 60.9 Å². The van der Waals surface area contributed by atoms with E-state index in [1.807, 2.05) is 30.3 Å². The van der Waals surface area contributed by atoms with Gasteiger partial charge in [-0.2, -0.15) is 0 Å². The summed E-state index contributed by atoms with van der Waals surface area (Å²) in [7, 11) is 0. The summed E-state index contributed by atoms with van der Waals surface area (Å²) in [6.07, 6.45) is 10.5. The van der Waals surface area contributed by atoms with E-state index in [-0.39, 0.29) is 5.78 Å². The van der Waals surface area contributed by atoms with Crippen molar-refractivity contribution in [1.29, 1.82) is 0 Å². The molecule has 3 heterocycles. The second-order valence-electron chi connectivity index (χ2n) is 7.27. The Labute approximate surface area is 171 Å². The second-order valence-corrected chi connectivity index (χ2v) is 7.27. The molecule has 0 unspecified atom stereocenters. The van der Waals surface area contributed by atoms with Crippen molar-refractivity contribution < 1.29 is 9.53 Å². The lowest BCUT2D eigenvalue weighted by Crippen LogP contribution is -2.33. The molecule has 0 amide bonds. The maximum atomic E-state index is 12.2. The van der Waals surface area contributed by atoms with Crippen LogP contribution in [0.25, 0.3) is 17.0 Å². The molecule has 148 valence electrons. The summed E-state index contributed by atoms with van der Waals surface area (Å²) in [4.78, 5) is 23.2. The first kappa shape index (κ1) is 19.3. The largest absolute Gasteiger partial charge is 0.492 e. The van der Waals surface area contributed by atoms with E-state index in [0.717, 1.165) is 28.9 Å². The third kappa shape index (κ3) is 5.27. The number of carbonyl (C=O) groups excluding carboxylic acids is 1. The van der Waals surface area contributed by atoms with Gasteiger partial charge >= 0.3 is 0 Å². The van der Waals surface area contributed by atoms with Gasteiger partial charge in [-0.05, 0) is 74.5 Å². The smallest absolute Gasteiger partial charge is 0.186 e. The molecule has 0 saturated carbocycles. The number of likely N-dealkylation sites (tertiary alicyclic amines) is 1. The average Bonchev–Trinajstić information content (AvgIpc) is 2.78. The van der Waals surface area contributed by atoms with E-state index in [1.165, 1.54) is 32.4 Å². The number of benzene rings is 1. The van der Waals surface area contributed by atoms with E-state index in [2.05, 4.69) is 14.9 Å². The molecule has 0 radical (unpaired) electrons. The monoisotopic (exact) mass is 387 g/mol. The van der Waals surface area contributed by atoms with E-state index in [1.54, 1.807) is 36.7 Å². The summed E-state index contributed by atoms with van der Waals surface area (Å²) >= 11 is 0. The van der Waals surface area contributed by atoms with Crippen molar-refractivity contribution in [3.05, 3.63) is 72.2 Å². The minimum absolute atomic E-state index is 0.0632. The van der Waals surface area contributed by atoms with Gasteiger partial charge in [-0.15, -0.1) is 0 Å². The van der Waals surface area contributed by atoms with Gasteiger partial charge in [0.2, 0.25) is 0 Å². The predicted molar refractivity (Wildman–Crippen MR) is 115 cm³/mol. The highest BCUT2D eigenvalue weighted by Gasteiger charge is 2.09. The van der Waals surface area contributed by atoms with Gasteiger partial charge in [0.15, 0.2) is 5.78 Å². The number of ether oxygens (including phenoxy) is 1. The summed E-state index contributed by atoms with van der Waals surface area (Å²) in [6.45, 7) is 4.05. The standard InChI is InChI=1S/C24H25N3O2/c28-24(19-10-12-25-13-11-19)9-6-21-5-4-20-18-22(7-8-23(20)26-21)29-17-16-27-14-2-1-3-15-27/h4-13,18H,1-3,14-17H2/b9-6+. The molecule has 29 heavy (non-hydrogen) atoms. The van der Waals surface area contributed by atoms with Crippen LogP contribution in [0.1, 0.15) is 35.3 Å². The number of piperidine rings is 1. The zero-order valence-corrected chi connectivity index (χ0v) is 16.5. The summed E-state index contributed by atoms with van der Waals surface area (Å²) in [5, 5.41) is 1.03. The quantitative estimate of drug-likeness (QED) is 0.444. The Balaban J connectivity index is 1.37. The van der Waals surface area contributed by atoms with Gasteiger partial charge in [0.1, 0.15) is 12.4 Å². The van der Waals surface area contributed by atoms with Crippen molar-refractivity contribution in [3.8, 4) is 5.75 Å². The summed E-state index contributed by atoms with van der Waals surface area (Å²) in [5.41, 5.74) is 2.24. The van der Waals surface area contributed by atoms with Crippen molar-refractivity contribution in [2.75, 3.05) is 26.2 Å². The first-order valence-electron chi connectivity index (χ1n) is 10.2. The van der Waals surface area contributed by atoms with Crippen LogP contribution in [0.3, 0.4) is 0 Å². The lowest BCUT2D eigenvalue weighted by molar-refractivity contribution is 0.104. The third-order valence-electron chi connectivity index (χ3n) is 5.18. The number of nitrogens with zero attached hydrogens (tertiary/aromatic N) is 3. The van der Waals surface area contributed by atoms with Crippen LogP contribution in [-0.2, 0) is 0 Å². The number of allylic oxidation sites excluding steroid dienone is 1. The number of pyridine rings is 2. The normalized spacial score (nSPS) is 15.0. The summed E-state index contributed by atoms with van der Waals surface area (Å²) < 4.78 is 5.94. The average molecular weight is 387 g/mol. The summed E-state index contributed by atoms with van der Waals surface area (Å²) in [5.74, 6) is 0.805. The van der Waals surface area contributed by atoms with Gasteiger partial charge < -0.3 is 4.74 Å². The highest BCUT2D eigenvalue weighted by molar-refractivity contribution is 6.06. The Bertz CT molecular complexity index is 995. The Morgan fingerprint density at radius 2 is 1.86 bits per heavy atom. The SMILES string of the molecule is O=C(/C=C/c1ccc2cc(OCCN3CCCCC3)ccc2n1)c1ccncc1. The van der Waals surface area contributed by atoms with E-state index in [0.29, 0.717) is 12.2 Å². The molecule has 0 atom stereocenters. The zero-order chi connectivity index (χ0) is 19.9. The van der Waals surface area contributed by atoms with Crippen LogP contribution in [0.5, 0.6) is 5.75 Å². The number of hydrogen-bond acceptors (Lipinski definition) is 5. The molecular formula is C24H25N3O2. The number of hydrogen-bond donors (Lipinski definition) is 0. The van der Waals surface area contributed by atoms with Gasteiger partial charge in [0.25, 0.3) is 0 Å². The third-order valence-corrected chi connectivity index (χ3v) is 5.18. The molecule has 1 saturated heterocycles. The minimum Gasteiger partial charge on any atom is -0.492 e. The minimum atomic E-state index is -0.0632. The Hall–Kier alpha value is -3.05. The van der Waals surface area contributed by atoms with Crippen LogP contribution in [0.2, 0.25) is 0 Å². The lowest BCUT2D eigenvalue weighted by atomic mass is 10.1. The predicted octanol–water partition coefficient (Wildman–Crippen LogP) is 4.39. The van der Waals surface area contributed by atoms with Gasteiger partial charge in [0.05, 0.1) is 11.2 Å². The fourth-order valence-corrected chi connectivity index (χ4v) is 3.55. The molecule has 5 nitrogen and oxygen atoms in total. The van der Waals surface area contributed by atoms with Crippen LogP contribution in [-0.4, -0.2) is 46.9 Å². The lowest BCUT2D eigenvalue weighted by Gasteiger charge is -2.26. The first-order valence-corrected chi connectivity index (χ1v) is 10.2. The molecule has 1 aliphatic rings. The zero-order valence-electron chi connectivity index (χ0n) is 16.5. The Kier molecular flexibility index (Phi) is 6.27. The van der Waals surface area contributed by atoms with Gasteiger partial charge in [0, 0.05) is 29.9 Å². The first-order chi connectivity index (χ1) is 14.3. The van der Waals surface area contributed by atoms with Crippen molar-refractivity contribution in [3.63, 3.8) is 0 Å². The topological polar surface area (TPSA) is 55.3 Å². The van der Waals surface area contributed by atoms with Crippen molar-refractivity contribution in [1.82, 2.24) is 14.9 Å². The molecule has 1 fully saturated rings. The van der Waals surface area contributed by atoms with E-state index in [4.69, 9.17) is 4.74 Å². The van der Waals surface area contributed by atoms with Crippen molar-refractivity contribution in [2.45, 2.75) is 19.3 Å². The van der Waals surface area contributed by atoms with E-state index < -0.39 is 0 Å². The van der Waals surface area contributed by atoms with Crippen LogP contribution in [0.4, 0.5) is 0 Å². The highest BCUT2D eigenvalue weighted by atomic mass is 16.5. The molecule has 4 rings (SSSR count). The number of ketones is 1. The van der Waals surface area contributed by atoms with E-state index in [9.17, 15) is 4.79 Å². The second kappa shape index (κ2) is 9.43. The van der Waals surface area contributed by atoms with Crippen LogP contribution < -0.4 is 4.74 Å². The van der Waals surface area contributed by atoms with Crippen LogP contribution >= 0.6 is 0 Å². The van der Waals surface area contributed by atoms with Crippen molar-refractivity contribution in [2.24, 2.45) is 0 Å². The van der Waals surface area contributed by atoms with Gasteiger partial charge in [-0.1, -0.05) is 12.5 Å². The highest BCUT2D eigenvalue weighted by Crippen LogP contribution is 2.20. The molecule has 1 aliphatic heterocycles. The molecule has 1 aromatic carbocycles. The van der Waals surface area contributed by atoms with Gasteiger partial charge in [-0.25, -0.2) is 4.98 Å². The fourth-order valence-electron chi connectivity index (χ4n) is 3.55. The summed E-state index contributed by atoms with van der Waals surface area (Å²) in [6, 6.07) is 13.3. The molecule has 0 N–H and O–H groups in total. The van der Waals surface area contributed by atoms with Crippen LogP contribution in [0, 0.1) is 0 Å². The maximum absolute atomic E-state index is 12.2. The Morgan fingerprint density at radius 3 is 2.69 bits per heavy atom. The van der Waals surface area contributed by atoms with E-state index >= 15 is 0 Å². The molecule has 0 spiro atoms. The van der Waals surface area contributed by atoms with Gasteiger partial charge in [-0.3, -0.25) is 14.7 Å². The number of aromatic nitrogens is 2. The maximum Gasteiger partial charge on any atom is 0.186 e. The van der Waals surface area contributed by atoms with Crippen molar-refractivity contribution >= 4 is 22.8 Å². The molecular weight excluding hydrogens is 362 g/mol. The molecule has 5 heteroatoms.